The van der Waals surface area contributed by atoms with Crippen molar-refractivity contribution >= 4 is 33.1 Å². The average molecular weight is 412 g/mol. The summed E-state index contributed by atoms with van der Waals surface area (Å²) < 4.78 is 6.68. The number of piperazine rings is 1. The minimum atomic E-state index is 0.211. The van der Waals surface area contributed by atoms with Crippen LogP contribution in [-0.4, -0.2) is 62.7 Å². The number of benzene rings is 2. The second kappa shape index (κ2) is 8.80. The molecule has 2 aromatic carbocycles. The van der Waals surface area contributed by atoms with Crippen molar-refractivity contribution in [1.82, 2.24) is 9.88 Å². The highest BCUT2D eigenvalue weighted by atomic mass is 32.1. The molecule has 1 fully saturated rings. The van der Waals surface area contributed by atoms with Crippen molar-refractivity contribution in [2.75, 3.05) is 51.8 Å². The van der Waals surface area contributed by atoms with Crippen LogP contribution in [0.25, 0.3) is 10.2 Å². The number of para-hydroxylation sites is 3. The summed E-state index contributed by atoms with van der Waals surface area (Å²) in [5.74, 6) is 1.09. The number of hydrogen-bond acceptors (Lipinski definition) is 5. The molecule has 1 aromatic heterocycles. The molecular weight excluding hydrogens is 384 g/mol. The third kappa shape index (κ3) is 4.52. The summed E-state index contributed by atoms with van der Waals surface area (Å²) in [6, 6.07) is 16.2. The van der Waals surface area contributed by atoms with E-state index >= 15 is 0 Å². The number of fused-ring (bicyclic) bond motifs is 1. The van der Waals surface area contributed by atoms with Crippen molar-refractivity contribution in [3.63, 3.8) is 0 Å². The molecule has 1 N–H and O–H groups in total. The van der Waals surface area contributed by atoms with Gasteiger partial charge in [-0.15, -0.1) is 11.3 Å². The molecule has 1 atom stereocenters. The molecule has 1 amide bonds. The van der Waals surface area contributed by atoms with E-state index in [0.717, 1.165) is 54.7 Å². The van der Waals surface area contributed by atoms with E-state index in [2.05, 4.69) is 29.1 Å². The number of quaternary nitrogens is 1. The lowest BCUT2D eigenvalue weighted by Crippen LogP contribution is -3.09. The van der Waals surface area contributed by atoms with E-state index in [1.165, 1.54) is 9.60 Å². The first-order chi connectivity index (χ1) is 14.1. The smallest absolute Gasteiger partial charge is 0.277 e. The van der Waals surface area contributed by atoms with E-state index in [1.54, 1.807) is 18.4 Å². The van der Waals surface area contributed by atoms with Crippen LogP contribution in [0.15, 0.2) is 48.5 Å². The predicted octanol–water partition coefficient (Wildman–Crippen LogP) is 1.67. The van der Waals surface area contributed by atoms with Gasteiger partial charge in [0.05, 0.1) is 30.1 Å². The number of thiazole rings is 1. The Morgan fingerprint density at radius 3 is 2.59 bits per heavy atom. The summed E-state index contributed by atoms with van der Waals surface area (Å²) in [4.78, 5) is 22.9. The van der Waals surface area contributed by atoms with E-state index in [-0.39, 0.29) is 5.91 Å². The number of carbonyl (C=O) groups excluding carboxylic acids is 1. The van der Waals surface area contributed by atoms with E-state index in [0.29, 0.717) is 6.54 Å². The molecule has 0 spiro atoms. The fraction of sp³-hybridized carbons (Fsp3) is 0.364. The number of amides is 1. The number of likely N-dealkylation sites (N-methyl/N-ethyl adjacent to an activating group) is 1. The Kier molecular flexibility index (Phi) is 5.97. The Bertz CT molecular complexity index is 949. The molecule has 1 saturated heterocycles. The molecule has 4 rings (SSSR count). The summed E-state index contributed by atoms with van der Waals surface area (Å²) in [6.45, 7) is 4.39. The van der Waals surface area contributed by atoms with Crippen LogP contribution in [0.2, 0.25) is 0 Å². The Labute approximate surface area is 175 Å². The van der Waals surface area contributed by atoms with Crippen LogP contribution in [0.3, 0.4) is 0 Å². The van der Waals surface area contributed by atoms with E-state index in [9.17, 15) is 4.79 Å². The van der Waals surface area contributed by atoms with Gasteiger partial charge in [-0.3, -0.25) is 4.79 Å². The lowest BCUT2D eigenvalue weighted by Gasteiger charge is -2.36. The molecule has 6 nitrogen and oxygen atoms in total. The number of hydrogen-bond donors (Lipinski definition) is 1. The maximum Gasteiger partial charge on any atom is 0.277 e. The van der Waals surface area contributed by atoms with Crippen molar-refractivity contribution in [3.8, 4) is 5.75 Å². The highest BCUT2D eigenvalue weighted by Crippen LogP contribution is 2.28. The molecular formula is C22H27N4O2S+. The van der Waals surface area contributed by atoms with Crippen LogP contribution in [-0.2, 0) is 11.3 Å². The SMILES string of the molecule is COc1ccccc1N1CCN(C(=O)C[NH+](C)Cc2nc3ccccc3s2)CC1. The largest absolute Gasteiger partial charge is 0.495 e. The fourth-order valence-corrected chi connectivity index (χ4v) is 4.86. The van der Waals surface area contributed by atoms with E-state index in [4.69, 9.17) is 4.74 Å². The van der Waals surface area contributed by atoms with Gasteiger partial charge in [0.15, 0.2) is 6.54 Å². The second-order valence-corrected chi connectivity index (χ2v) is 8.54. The Hall–Kier alpha value is -2.64. The normalized spacial score (nSPS) is 15.5. The van der Waals surface area contributed by atoms with E-state index < -0.39 is 0 Å². The van der Waals surface area contributed by atoms with Crippen molar-refractivity contribution in [1.29, 1.82) is 0 Å². The fourth-order valence-electron chi connectivity index (χ4n) is 3.77. The number of nitrogens with one attached hydrogen (secondary N) is 1. The Balaban J connectivity index is 1.30. The van der Waals surface area contributed by atoms with Gasteiger partial charge in [-0.1, -0.05) is 24.3 Å². The molecule has 7 heteroatoms. The van der Waals surface area contributed by atoms with Crippen LogP contribution in [0.4, 0.5) is 5.69 Å². The zero-order valence-corrected chi connectivity index (χ0v) is 17.7. The summed E-state index contributed by atoms with van der Waals surface area (Å²) in [5, 5.41) is 1.08. The number of anilines is 1. The third-order valence-corrected chi connectivity index (χ3v) is 6.34. The van der Waals surface area contributed by atoms with Gasteiger partial charge in [-0.05, 0) is 24.3 Å². The topological polar surface area (TPSA) is 50.1 Å². The van der Waals surface area contributed by atoms with Crippen LogP contribution >= 0.6 is 11.3 Å². The number of carbonyl (C=O) groups is 1. The lowest BCUT2D eigenvalue weighted by molar-refractivity contribution is -0.885. The van der Waals surface area contributed by atoms with Crippen molar-refractivity contribution in [2.45, 2.75) is 6.54 Å². The zero-order chi connectivity index (χ0) is 20.2. The van der Waals surface area contributed by atoms with Crippen LogP contribution in [0.1, 0.15) is 5.01 Å². The van der Waals surface area contributed by atoms with Gasteiger partial charge in [0.25, 0.3) is 5.91 Å². The molecule has 0 bridgehead atoms. The first-order valence-corrected chi connectivity index (χ1v) is 10.8. The maximum atomic E-state index is 12.8. The number of methoxy groups -OCH3 is 1. The quantitative estimate of drug-likeness (QED) is 0.671. The van der Waals surface area contributed by atoms with Gasteiger partial charge >= 0.3 is 0 Å². The Morgan fingerprint density at radius 2 is 1.83 bits per heavy atom. The summed E-state index contributed by atoms with van der Waals surface area (Å²) >= 11 is 1.71. The van der Waals surface area contributed by atoms with Gasteiger partial charge < -0.3 is 19.4 Å². The predicted molar refractivity (Wildman–Crippen MR) is 117 cm³/mol. The second-order valence-electron chi connectivity index (χ2n) is 7.43. The number of aromatic nitrogens is 1. The first-order valence-electron chi connectivity index (χ1n) is 9.95. The van der Waals surface area contributed by atoms with E-state index in [1.807, 2.05) is 41.3 Å². The molecule has 152 valence electrons. The van der Waals surface area contributed by atoms with Crippen LogP contribution in [0.5, 0.6) is 5.75 Å². The summed E-state index contributed by atoms with van der Waals surface area (Å²) in [5.41, 5.74) is 2.14. The highest BCUT2D eigenvalue weighted by Gasteiger charge is 2.25. The minimum absolute atomic E-state index is 0.211. The Morgan fingerprint density at radius 1 is 1.10 bits per heavy atom. The molecule has 0 radical (unpaired) electrons. The van der Waals surface area contributed by atoms with Gasteiger partial charge in [0.1, 0.15) is 17.3 Å². The van der Waals surface area contributed by atoms with Crippen LogP contribution < -0.4 is 14.5 Å². The molecule has 2 heterocycles. The molecule has 3 aromatic rings. The summed E-state index contributed by atoms with van der Waals surface area (Å²) in [7, 11) is 3.76. The van der Waals surface area contributed by atoms with Crippen LogP contribution in [0, 0.1) is 0 Å². The zero-order valence-electron chi connectivity index (χ0n) is 16.9. The molecule has 0 saturated carbocycles. The number of ether oxygens (including phenoxy) is 1. The molecule has 1 aliphatic heterocycles. The van der Waals surface area contributed by atoms with Crippen molar-refractivity contribution in [2.24, 2.45) is 0 Å². The van der Waals surface area contributed by atoms with Gasteiger partial charge in [-0.2, -0.15) is 0 Å². The van der Waals surface area contributed by atoms with Crippen molar-refractivity contribution < 1.29 is 14.4 Å². The monoisotopic (exact) mass is 411 g/mol. The highest BCUT2D eigenvalue weighted by molar-refractivity contribution is 7.18. The first kappa shape index (κ1) is 19.7. The van der Waals surface area contributed by atoms with Gasteiger partial charge in [0, 0.05) is 26.2 Å². The average Bonchev–Trinajstić information content (AvgIpc) is 3.15. The van der Waals surface area contributed by atoms with Crippen molar-refractivity contribution in [3.05, 3.63) is 53.5 Å². The number of rotatable bonds is 6. The third-order valence-electron chi connectivity index (χ3n) is 5.30. The molecule has 29 heavy (non-hydrogen) atoms. The standard InChI is InChI=1S/C22H26N4O2S/c1-24(15-21-23-17-7-3-6-10-20(17)29-21)16-22(27)26-13-11-25(12-14-26)18-8-4-5-9-19(18)28-2/h3-10H,11-16H2,1-2H3/p+1. The molecule has 1 aliphatic rings. The summed E-state index contributed by atoms with van der Waals surface area (Å²) in [6.07, 6.45) is 0. The lowest BCUT2D eigenvalue weighted by atomic mass is 10.2. The van der Waals surface area contributed by atoms with Gasteiger partial charge in [-0.25, -0.2) is 4.98 Å². The number of nitrogens with zero attached hydrogens (tertiary/aromatic N) is 3. The van der Waals surface area contributed by atoms with Gasteiger partial charge in [0.2, 0.25) is 0 Å². The molecule has 0 aliphatic carbocycles. The minimum Gasteiger partial charge on any atom is -0.495 e. The molecule has 1 unspecified atom stereocenters. The maximum absolute atomic E-state index is 12.8.